The molecule has 156 valence electrons. The van der Waals surface area contributed by atoms with Crippen molar-refractivity contribution in [2.75, 3.05) is 6.54 Å². The lowest BCUT2D eigenvalue weighted by Gasteiger charge is -2.44. The number of piperidine rings is 1. The monoisotopic (exact) mass is 399 g/mol. The lowest BCUT2D eigenvalue weighted by molar-refractivity contribution is -0.152. The van der Waals surface area contributed by atoms with Gasteiger partial charge in [-0.25, -0.2) is 0 Å². The largest absolute Gasteiger partial charge is 0.508 e. The van der Waals surface area contributed by atoms with Crippen molar-refractivity contribution in [1.82, 2.24) is 15.5 Å². The molecule has 0 spiro atoms. The summed E-state index contributed by atoms with van der Waals surface area (Å²) < 4.78 is 0. The van der Waals surface area contributed by atoms with Crippen LogP contribution in [0.4, 0.5) is 0 Å². The third-order valence-electron chi connectivity index (χ3n) is 6.50. The lowest BCUT2D eigenvalue weighted by Crippen LogP contribution is -2.67. The fourth-order valence-corrected chi connectivity index (χ4v) is 4.83. The Hall–Kier alpha value is -2.57. The van der Waals surface area contributed by atoms with Crippen molar-refractivity contribution in [2.45, 2.75) is 69.5 Å². The summed E-state index contributed by atoms with van der Waals surface area (Å²) in [5.41, 5.74) is 0.884. The predicted molar refractivity (Wildman–Crippen MR) is 107 cm³/mol. The first-order chi connectivity index (χ1) is 14.0. The van der Waals surface area contributed by atoms with Crippen LogP contribution in [0.2, 0.25) is 0 Å². The number of carbonyl (C=O) groups excluding carboxylic acids is 3. The van der Waals surface area contributed by atoms with Gasteiger partial charge in [0.2, 0.25) is 17.7 Å². The molecule has 2 aliphatic heterocycles. The summed E-state index contributed by atoms with van der Waals surface area (Å²) in [7, 11) is 0. The van der Waals surface area contributed by atoms with E-state index in [9.17, 15) is 19.5 Å². The van der Waals surface area contributed by atoms with Crippen LogP contribution in [0.1, 0.15) is 50.5 Å². The molecule has 2 heterocycles. The van der Waals surface area contributed by atoms with E-state index in [4.69, 9.17) is 0 Å². The zero-order valence-electron chi connectivity index (χ0n) is 16.6. The van der Waals surface area contributed by atoms with Gasteiger partial charge in [0.05, 0.1) is 0 Å². The molecule has 3 N–H and O–H groups in total. The summed E-state index contributed by atoms with van der Waals surface area (Å²) in [5.74, 6) is 0.157. The van der Waals surface area contributed by atoms with Crippen LogP contribution in [-0.2, 0) is 20.8 Å². The van der Waals surface area contributed by atoms with Crippen LogP contribution in [0.15, 0.2) is 24.3 Å². The van der Waals surface area contributed by atoms with Gasteiger partial charge in [-0.15, -0.1) is 0 Å². The first-order valence-corrected chi connectivity index (χ1v) is 10.7. The number of aromatic hydroxyl groups is 1. The molecule has 3 aliphatic rings. The molecule has 1 saturated carbocycles. The fourth-order valence-electron chi connectivity index (χ4n) is 4.83. The standard InChI is InChI=1S/C22H29N3O4/c26-17-8-6-14(7-9-17)12-18-22(29)25-11-10-16(13-19(25)21(28)24-18)23-20(27)15-4-2-1-3-5-15/h6-9,15-16,18-19,26H,1-5,10-13H2,(H,23,27)(H,24,28)/t16-,18+,19-/m0/s1. The molecule has 29 heavy (non-hydrogen) atoms. The van der Waals surface area contributed by atoms with E-state index in [1.54, 1.807) is 29.2 Å². The summed E-state index contributed by atoms with van der Waals surface area (Å²) in [6.45, 7) is 0.485. The number of phenolic OH excluding ortho intramolecular Hbond substituents is 1. The van der Waals surface area contributed by atoms with Crippen molar-refractivity contribution in [2.24, 2.45) is 5.92 Å². The molecule has 1 aliphatic carbocycles. The molecule has 3 amide bonds. The first kappa shape index (κ1) is 19.7. The van der Waals surface area contributed by atoms with Crippen molar-refractivity contribution < 1.29 is 19.5 Å². The highest BCUT2D eigenvalue weighted by molar-refractivity contribution is 5.97. The highest BCUT2D eigenvalue weighted by Gasteiger charge is 2.44. The Morgan fingerprint density at radius 3 is 2.55 bits per heavy atom. The van der Waals surface area contributed by atoms with Crippen molar-refractivity contribution in [3.63, 3.8) is 0 Å². The van der Waals surface area contributed by atoms with E-state index in [1.165, 1.54) is 6.42 Å². The molecule has 4 rings (SSSR count). The number of amides is 3. The maximum Gasteiger partial charge on any atom is 0.246 e. The van der Waals surface area contributed by atoms with Gasteiger partial charge in [-0.1, -0.05) is 31.4 Å². The van der Waals surface area contributed by atoms with Crippen LogP contribution in [-0.4, -0.2) is 52.4 Å². The van der Waals surface area contributed by atoms with Gasteiger partial charge in [-0.2, -0.15) is 0 Å². The highest BCUT2D eigenvalue weighted by Crippen LogP contribution is 2.26. The summed E-state index contributed by atoms with van der Waals surface area (Å²) in [6, 6.07) is 5.52. The van der Waals surface area contributed by atoms with Crippen LogP contribution in [0, 0.1) is 5.92 Å². The second-order valence-corrected chi connectivity index (χ2v) is 8.54. The SMILES string of the molecule is O=C(N[C@H]1CCN2C(=O)[C@@H](Cc3ccc(O)cc3)NC(=O)[C@@H]2C1)C1CCCCC1. The number of hydrogen-bond donors (Lipinski definition) is 3. The number of nitrogens with zero attached hydrogens (tertiary/aromatic N) is 1. The van der Waals surface area contributed by atoms with Gasteiger partial charge in [-0.05, 0) is 43.4 Å². The van der Waals surface area contributed by atoms with Gasteiger partial charge in [0.25, 0.3) is 0 Å². The molecule has 0 unspecified atom stereocenters. The molecule has 3 fully saturated rings. The quantitative estimate of drug-likeness (QED) is 0.714. The fraction of sp³-hybridized carbons (Fsp3) is 0.591. The molecule has 0 bridgehead atoms. The first-order valence-electron chi connectivity index (χ1n) is 10.7. The van der Waals surface area contributed by atoms with Crippen LogP contribution in [0.25, 0.3) is 0 Å². The minimum absolute atomic E-state index is 0.0575. The van der Waals surface area contributed by atoms with Crippen LogP contribution in [0.5, 0.6) is 5.75 Å². The molecular formula is C22H29N3O4. The second kappa shape index (κ2) is 8.43. The summed E-state index contributed by atoms with van der Waals surface area (Å²) in [4.78, 5) is 39.8. The lowest BCUT2D eigenvalue weighted by atomic mass is 9.87. The Kier molecular flexibility index (Phi) is 5.74. The number of piperazine rings is 1. The Morgan fingerprint density at radius 1 is 1.10 bits per heavy atom. The maximum absolute atomic E-state index is 12.9. The Balaban J connectivity index is 1.35. The van der Waals surface area contributed by atoms with E-state index in [1.807, 2.05) is 0 Å². The molecule has 3 atom stereocenters. The molecule has 0 aromatic heterocycles. The van der Waals surface area contributed by atoms with Gasteiger partial charge < -0.3 is 20.6 Å². The Labute approximate surface area is 170 Å². The van der Waals surface area contributed by atoms with E-state index < -0.39 is 12.1 Å². The third-order valence-corrected chi connectivity index (χ3v) is 6.50. The average Bonchev–Trinajstić information content (AvgIpc) is 2.74. The van der Waals surface area contributed by atoms with E-state index in [2.05, 4.69) is 10.6 Å². The van der Waals surface area contributed by atoms with Gasteiger partial charge in [0.15, 0.2) is 0 Å². The van der Waals surface area contributed by atoms with Crippen LogP contribution in [0.3, 0.4) is 0 Å². The molecule has 0 radical (unpaired) electrons. The third kappa shape index (κ3) is 4.38. The van der Waals surface area contributed by atoms with Gasteiger partial charge in [-0.3, -0.25) is 14.4 Å². The molecule has 7 heteroatoms. The van der Waals surface area contributed by atoms with Crippen molar-refractivity contribution in [3.05, 3.63) is 29.8 Å². The Morgan fingerprint density at radius 2 is 1.83 bits per heavy atom. The number of rotatable bonds is 4. The van der Waals surface area contributed by atoms with Crippen molar-refractivity contribution in [1.29, 1.82) is 0 Å². The number of hydrogen-bond acceptors (Lipinski definition) is 4. The zero-order valence-corrected chi connectivity index (χ0v) is 16.6. The summed E-state index contributed by atoms with van der Waals surface area (Å²) in [6.07, 6.45) is 6.88. The minimum Gasteiger partial charge on any atom is -0.508 e. The highest BCUT2D eigenvalue weighted by atomic mass is 16.3. The number of carbonyl (C=O) groups is 3. The maximum atomic E-state index is 12.9. The molecule has 1 aromatic carbocycles. The van der Waals surface area contributed by atoms with Crippen LogP contribution < -0.4 is 10.6 Å². The van der Waals surface area contributed by atoms with E-state index >= 15 is 0 Å². The smallest absolute Gasteiger partial charge is 0.246 e. The number of phenols is 1. The summed E-state index contributed by atoms with van der Waals surface area (Å²) in [5, 5.41) is 15.4. The Bertz CT molecular complexity index is 773. The van der Waals surface area contributed by atoms with Gasteiger partial charge in [0.1, 0.15) is 17.8 Å². The van der Waals surface area contributed by atoms with Gasteiger partial charge in [0, 0.05) is 24.9 Å². The number of benzene rings is 1. The molecule has 1 aromatic rings. The topological polar surface area (TPSA) is 98.7 Å². The molecule has 2 saturated heterocycles. The molecular weight excluding hydrogens is 370 g/mol. The van der Waals surface area contributed by atoms with Gasteiger partial charge >= 0.3 is 0 Å². The zero-order chi connectivity index (χ0) is 20.4. The average molecular weight is 399 g/mol. The molecule has 7 nitrogen and oxygen atoms in total. The predicted octanol–water partition coefficient (Wildman–Crippen LogP) is 1.49. The second-order valence-electron chi connectivity index (χ2n) is 8.54. The minimum atomic E-state index is -0.586. The van der Waals surface area contributed by atoms with E-state index in [0.717, 1.165) is 31.2 Å². The van der Waals surface area contributed by atoms with E-state index in [0.29, 0.717) is 25.8 Å². The van der Waals surface area contributed by atoms with E-state index in [-0.39, 0.29) is 35.4 Å². The normalized spacial score (nSPS) is 27.9. The van der Waals surface area contributed by atoms with Crippen molar-refractivity contribution in [3.8, 4) is 5.75 Å². The summed E-state index contributed by atoms with van der Waals surface area (Å²) >= 11 is 0. The number of fused-ring (bicyclic) bond motifs is 1. The van der Waals surface area contributed by atoms with Crippen molar-refractivity contribution >= 4 is 17.7 Å². The van der Waals surface area contributed by atoms with Crippen LogP contribution >= 0.6 is 0 Å². The number of nitrogens with one attached hydrogen (secondary N) is 2.